The summed E-state index contributed by atoms with van der Waals surface area (Å²) in [4.78, 5) is 36.7. The summed E-state index contributed by atoms with van der Waals surface area (Å²) < 4.78 is 27.4. The number of halogens is 3. The number of nitrogens with one attached hydrogen (secondary N) is 1. The number of rotatable bonds is 6. The molecule has 0 bridgehead atoms. The van der Waals surface area contributed by atoms with Crippen molar-refractivity contribution in [1.82, 2.24) is 9.97 Å². The second-order valence-electron chi connectivity index (χ2n) is 7.62. The molecule has 0 aliphatic rings. The normalized spacial score (nSPS) is 11.5. The van der Waals surface area contributed by atoms with Gasteiger partial charge < -0.3 is 5.32 Å². The summed E-state index contributed by atoms with van der Waals surface area (Å²) in [6.07, 6.45) is 4.04. The summed E-state index contributed by atoms with van der Waals surface area (Å²) >= 11 is 6.04. The Morgan fingerprint density at radius 1 is 1.00 bits per heavy atom. The van der Waals surface area contributed by atoms with E-state index in [1.54, 1.807) is 31.2 Å². The first-order valence-corrected chi connectivity index (χ1v) is 10.9. The number of aryl methyl sites for hydroxylation is 1. The minimum absolute atomic E-state index is 0.0267. The van der Waals surface area contributed by atoms with E-state index < -0.39 is 29.5 Å². The molecule has 3 aromatic carbocycles. The second kappa shape index (κ2) is 10.4. The van der Waals surface area contributed by atoms with Crippen LogP contribution in [-0.2, 0) is 4.79 Å². The molecular formula is C26H19ClF2N4O2. The van der Waals surface area contributed by atoms with Gasteiger partial charge in [-0.1, -0.05) is 35.9 Å². The molecule has 4 rings (SSSR count). The molecule has 9 heteroatoms. The summed E-state index contributed by atoms with van der Waals surface area (Å²) in [5, 5.41) is 2.51. The van der Waals surface area contributed by atoms with Crippen molar-refractivity contribution in [3.63, 3.8) is 0 Å². The van der Waals surface area contributed by atoms with Crippen molar-refractivity contribution in [1.29, 1.82) is 0 Å². The number of aromatic nitrogens is 2. The highest BCUT2D eigenvalue weighted by Gasteiger charge is 2.35. The molecule has 0 aliphatic carbocycles. The largest absolute Gasteiger partial charge is 0.324 e. The van der Waals surface area contributed by atoms with Gasteiger partial charge in [0.05, 0.1) is 11.2 Å². The number of carbonyl (C=O) groups excluding carboxylic acids is 2. The Hall–Kier alpha value is -4.17. The lowest BCUT2D eigenvalue weighted by Crippen LogP contribution is -2.42. The summed E-state index contributed by atoms with van der Waals surface area (Å²) in [7, 11) is 0. The molecule has 35 heavy (non-hydrogen) atoms. The van der Waals surface area contributed by atoms with Crippen LogP contribution in [0.25, 0.3) is 0 Å². The highest BCUT2D eigenvalue weighted by molar-refractivity contribution is 6.31. The predicted molar refractivity (Wildman–Crippen MR) is 129 cm³/mol. The average molecular weight is 493 g/mol. The van der Waals surface area contributed by atoms with Gasteiger partial charge in [-0.2, -0.15) is 0 Å². The van der Waals surface area contributed by atoms with Crippen LogP contribution < -0.4 is 10.2 Å². The third-order valence-corrected chi connectivity index (χ3v) is 5.57. The van der Waals surface area contributed by atoms with E-state index in [1.807, 2.05) is 0 Å². The first kappa shape index (κ1) is 24.0. The monoisotopic (exact) mass is 492 g/mol. The lowest BCUT2D eigenvalue weighted by Gasteiger charge is -2.32. The zero-order valence-corrected chi connectivity index (χ0v) is 19.2. The number of carbonyl (C=O) groups is 2. The summed E-state index contributed by atoms with van der Waals surface area (Å²) in [5.41, 5.74) is 1.73. The Kier molecular flexibility index (Phi) is 7.12. The predicted octanol–water partition coefficient (Wildman–Crippen LogP) is 5.74. The van der Waals surface area contributed by atoms with Crippen molar-refractivity contribution in [3.8, 4) is 0 Å². The first-order chi connectivity index (χ1) is 16.8. The SMILES string of the molecule is Cc1ccccc1[C@H](C(=O)Nc1ccc(F)cc1)N(C(=O)c1cnccn1)c1ccc(F)c(Cl)c1. The van der Waals surface area contributed by atoms with Crippen LogP contribution in [0.4, 0.5) is 20.2 Å². The van der Waals surface area contributed by atoms with E-state index in [-0.39, 0.29) is 16.4 Å². The van der Waals surface area contributed by atoms with Crippen LogP contribution in [0.2, 0.25) is 5.02 Å². The Labute approximate surface area is 205 Å². The topological polar surface area (TPSA) is 75.2 Å². The number of amides is 2. The lowest BCUT2D eigenvalue weighted by molar-refractivity contribution is -0.117. The molecule has 6 nitrogen and oxygen atoms in total. The Morgan fingerprint density at radius 3 is 2.40 bits per heavy atom. The molecule has 0 saturated carbocycles. The highest BCUT2D eigenvalue weighted by atomic mass is 35.5. The highest BCUT2D eigenvalue weighted by Crippen LogP contribution is 2.34. The van der Waals surface area contributed by atoms with E-state index in [1.165, 1.54) is 59.9 Å². The standard InChI is InChI=1S/C26H19ClF2N4O2/c1-16-4-2-3-5-20(16)24(25(34)32-18-8-6-17(28)7-9-18)33(19-10-11-22(29)21(27)14-19)26(35)23-15-30-12-13-31-23/h2-15,24H,1H3,(H,32,34)/t24-/m1/s1. The molecule has 0 fully saturated rings. The van der Waals surface area contributed by atoms with E-state index in [4.69, 9.17) is 11.6 Å². The smallest absolute Gasteiger partial charge is 0.279 e. The fraction of sp³-hybridized carbons (Fsp3) is 0.0769. The molecule has 1 atom stereocenters. The van der Waals surface area contributed by atoms with E-state index in [0.717, 1.165) is 11.6 Å². The van der Waals surface area contributed by atoms with Crippen LogP contribution in [0.15, 0.2) is 85.3 Å². The van der Waals surface area contributed by atoms with Gasteiger partial charge in [-0.15, -0.1) is 0 Å². The van der Waals surface area contributed by atoms with Gasteiger partial charge in [0.2, 0.25) is 0 Å². The fourth-order valence-electron chi connectivity index (χ4n) is 3.59. The van der Waals surface area contributed by atoms with Gasteiger partial charge in [0.25, 0.3) is 11.8 Å². The van der Waals surface area contributed by atoms with Gasteiger partial charge in [-0.05, 0) is 60.5 Å². The number of hydrogen-bond acceptors (Lipinski definition) is 4. The van der Waals surface area contributed by atoms with Crippen LogP contribution in [0.1, 0.15) is 27.7 Å². The molecule has 1 N–H and O–H groups in total. The minimum atomic E-state index is -1.21. The van der Waals surface area contributed by atoms with Crippen LogP contribution in [0, 0.1) is 18.6 Å². The minimum Gasteiger partial charge on any atom is -0.324 e. The fourth-order valence-corrected chi connectivity index (χ4v) is 3.76. The Balaban J connectivity index is 1.88. The molecule has 0 spiro atoms. The van der Waals surface area contributed by atoms with Crippen LogP contribution in [0.5, 0.6) is 0 Å². The van der Waals surface area contributed by atoms with Gasteiger partial charge in [-0.3, -0.25) is 19.5 Å². The van der Waals surface area contributed by atoms with Crippen molar-refractivity contribution in [2.75, 3.05) is 10.2 Å². The summed E-state index contributed by atoms with van der Waals surface area (Å²) in [6, 6.07) is 14.8. The second-order valence-corrected chi connectivity index (χ2v) is 8.03. The summed E-state index contributed by atoms with van der Waals surface area (Å²) in [5.74, 6) is -2.36. The Morgan fingerprint density at radius 2 is 1.74 bits per heavy atom. The molecule has 2 amide bonds. The zero-order valence-electron chi connectivity index (χ0n) is 18.5. The zero-order chi connectivity index (χ0) is 24.9. The molecule has 0 saturated heterocycles. The maximum Gasteiger partial charge on any atom is 0.279 e. The van der Waals surface area contributed by atoms with Crippen molar-refractivity contribution >= 4 is 34.8 Å². The quantitative estimate of drug-likeness (QED) is 0.372. The Bertz CT molecular complexity index is 1370. The number of nitrogens with zero attached hydrogens (tertiary/aromatic N) is 3. The average Bonchev–Trinajstić information content (AvgIpc) is 2.86. The van der Waals surface area contributed by atoms with Gasteiger partial charge in [0.15, 0.2) is 0 Å². The number of hydrogen-bond donors (Lipinski definition) is 1. The molecule has 0 aliphatic heterocycles. The van der Waals surface area contributed by atoms with Crippen LogP contribution in [0.3, 0.4) is 0 Å². The van der Waals surface area contributed by atoms with Crippen LogP contribution in [-0.4, -0.2) is 21.8 Å². The van der Waals surface area contributed by atoms with Gasteiger partial charge >= 0.3 is 0 Å². The van der Waals surface area contributed by atoms with Crippen molar-refractivity contribution in [2.24, 2.45) is 0 Å². The van der Waals surface area contributed by atoms with E-state index >= 15 is 0 Å². The maximum absolute atomic E-state index is 14.0. The van der Waals surface area contributed by atoms with Gasteiger partial charge in [0, 0.05) is 23.8 Å². The molecule has 0 unspecified atom stereocenters. The summed E-state index contributed by atoms with van der Waals surface area (Å²) in [6.45, 7) is 1.80. The molecule has 0 radical (unpaired) electrons. The first-order valence-electron chi connectivity index (χ1n) is 10.5. The van der Waals surface area contributed by atoms with E-state index in [9.17, 15) is 18.4 Å². The molecule has 176 valence electrons. The molecule has 1 heterocycles. The number of benzene rings is 3. The van der Waals surface area contributed by atoms with Crippen molar-refractivity contribution in [2.45, 2.75) is 13.0 Å². The molecular weight excluding hydrogens is 474 g/mol. The molecule has 4 aromatic rings. The molecule has 1 aromatic heterocycles. The maximum atomic E-state index is 14.0. The van der Waals surface area contributed by atoms with Crippen molar-refractivity contribution < 1.29 is 18.4 Å². The van der Waals surface area contributed by atoms with Gasteiger partial charge in [0.1, 0.15) is 23.4 Å². The van der Waals surface area contributed by atoms with Crippen LogP contribution >= 0.6 is 11.6 Å². The lowest BCUT2D eigenvalue weighted by atomic mass is 9.97. The third kappa shape index (κ3) is 5.33. The van der Waals surface area contributed by atoms with Gasteiger partial charge in [-0.25, -0.2) is 13.8 Å². The van der Waals surface area contributed by atoms with E-state index in [2.05, 4.69) is 15.3 Å². The number of anilines is 2. The van der Waals surface area contributed by atoms with E-state index in [0.29, 0.717) is 11.3 Å². The van der Waals surface area contributed by atoms with Crippen molar-refractivity contribution in [3.05, 3.63) is 119 Å². The third-order valence-electron chi connectivity index (χ3n) is 5.28.